The molecule has 1 N–H and O–H groups in total. The molecule has 1 unspecified atom stereocenters. The van der Waals surface area contributed by atoms with Crippen LogP contribution in [-0.4, -0.2) is 55.2 Å². The van der Waals surface area contributed by atoms with Crippen LogP contribution >= 0.6 is 0 Å². The van der Waals surface area contributed by atoms with Gasteiger partial charge in [-0.25, -0.2) is 0 Å². The Kier molecular flexibility index (Phi) is 5.64. The number of aliphatic hydroxyl groups is 1. The first-order valence-electron chi connectivity index (χ1n) is 10.2. The van der Waals surface area contributed by atoms with Gasteiger partial charge in [-0.1, -0.05) is 30.3 Å². The van der Waals surface area contributed by atoms with E-state index in [-0.39, 0.29) is 5.91 Å². The number of amides is 1. The molecule has 4 rings (SSSR count). The highest BCUT2D eigenvalue weighted by atomic mass is 16.3. The highest BCUT2D eigenvalue weighted by molar-refractivity contribution is 5.92. The third kappa shape index (κ3) is 4.05. The van der Waals surface area contributed by atoms with E-state index in [9.17, 15) is 9.90 Å². The number of carbonyl (C=O) groups is 1. The van der Waals surface area contributed by atoms with E-state index in [1.54, 1.807) is 6.92 Å². The number of fused-ring (bicyclic) bond motifs is 1. The molecule has 1 saturated heterocycles. The Morgan fingerprint density at radius 3 is 2.50 bits per heavy atom. The Morgan fingerprint density at radius 2 is 1.79 bits per heavy atom. The summed E-state index contributed by atoms with van der Waals surface area (Å²) in [6.07, 6.45) is 1.45. The summed E-state index contributed by atoms with van der Waals surface area (Å²) in [6, 6.07) is 16.6. The maximum atomic E-state index is 11.8. The van der Waals surface area contributed by atoms with Gasteiger partial charge in [-0.05, 0) is 42.2 Å². The smallest absolute Gasteiger partial charge is 0.223 e. The van der Waals surface area contributed by atoms with E-state index in [0.29, 0.717) is 6.54 Å². The lowest BCUT2D eigenvalue weighted by Crippen LogP contribution is -2.47. The van der Waals surface area contributed by atoms with Gasteiger partial charge in [-0.3, -0.25) is 9.69 Å². The number of nitrogens with zero attached hydrogens (tertiary/aromatic N) is 3. The van der Waals surface area contributed by atoms with Crippen molar-refractivity contribution in [2.45, 2.75) is 25.9 Å². The van der Waals surface area contributed by atoms with E-state index >= 15 is 0 Å². The van der Waals surface area contributed by atoms with Gasteiger partial charge < -0.3 is 14.9 Å². The maximum Gasteiger partial charge on any atom is 0.223 e. The van der Waals surface area contributed by atoms with Gasteiger partial charge in [0.2, 0.25) is 5.91 Å². The molecule has 2 aliphatic heterocycles. The van der Waals surface area contributed by atoms with Gasteiger partial charge in [-0.15, -0.1) is 0 Å². The molecule has 1 fully saturated rings. The normalized spacial score (nSPS) is 18.6. The number of hydrogen-bond acceptors (Lipinski definition) is 4. The first-order chi connectivity index (χ1) is 13.6. The number of β-amino-alcohol motifs (C(OH)–C–C–N with tert-alkyl or cyclic N) is 1. The van der Waals surface area contributed by atoms with Gasteiger partial charge in [0.25, 0.3) is 0 Å². The Bertz CT molecular complexity index is 816. The fourth-order valence-electron chi connectivity index (χ4n) is 4.33. The zero-order valence-electron chi connectivity index (χ0n) is 16.6. The number of para-hydroxylation sites is 1. The number of aliphatic hydroxyl groups excluding tert-OH is 1. The summed E-state index contributed by atoms with van der Waals surface area (Å²) in [5, 5.41) is 10.8. The van der Waals surface area contributed by atoms with E-state index < -0.39 is 6.10 Å². The van der Waals surface area contributed by atoms with E-state index in [1.165, 1.54) is 11.3 Å². The lowest BCUT2D eigenvalue weighted by molar-refractivity contribution is -0.116. The SMILES string of the molecule is CC(=O)N1CCCc2cc(C(O)CN3CCN(c4ccccc4)CC3)ccc21. The molecule has 2 aromatic rings. The predicted octanol–water partition coefficient (Wildman–Crippen LogP) is 2.84. The van der Waals surface area contributed by atoms with Crippen LogP contribution in [0.5, 0.6) is 0 Å². The standard InChI is InChI=1S/C23H29N3O2/c1-18(27)26-11-5-6-19-16-20(9-10-22(19)26)23(28)17-24-12-14-25(15-13-24)21-7-3-2-4-8-21/h2-4,7-10,16,23,28H,5-6,11-15,17H2,1H3. The van der Waals surface area contributed by atoms with Crippen LogP contribution in [0.2, 0.25) is 0 Å². The Hall–Kier alpha value is -2.37. The van der Waals surface area contributed by atoms with Crippen molar-refractivity contribution < 1.29 is 9.90 Å². The first kappa shape index (κ1) is 19.0. The van der Waals surface area contributed by atoms with Crippen LogP contribution in [0.3, 0.4) is 0 Å². The monoisotopic (exact) mass is 379 g/mol. The fourth-order valence-corrected chi connectivity index (χ4v) is 4.33. The number of hydrogen-bond donors (Lipinski definition) is 1. The second kappa shape index (κ2) is 8.33. The Balaban J connectivity index is 1.37. The van der Waals surface area contributed by atoms with Crippen LogP contribution in [-0.2, 0) is 11.2 Å². The van der Waals surface area contributed by atoms with Crippen molar-refractivity contribution in [2.24, 2.45) is 0 Å². The minimum absolute atomic E-state index is 0.0885. The largest absolute Gasteiger partial charge is 0.387 e. The number of piperazine rings is 1. The maximum absolute atomic E-state index is 11.8. The predicted molar refractivity (Wildman–Crippen MR) is 113 cm³/mol. The zero-order valence-corrected chi connectivity index (χ0v) is 16.6. The highest BCUT2D eigenvalue weighted by Gasteiger charge is 2.23. The minimum Gasteiger partial charge on any atom is -0.387 e. The summed E-state index contributed by atoms with van der Waals surface area (Å²) in [5.74, 6) is 0.0885. The first-order valence-corrected chi connectivity index (χ1v) is 10.2. The second-order valence-corrected chi connectivity index (χ2v) is 7.80. The van der Waals surface area contributed by atoms with Crippen LogP contribution in [0.15, 0.2) is 48.5 Å². The van der Waals surface area contributed by atoms with Crippen molar-refractivity contribution in [2.75, 3.05) is 49.1 Å². The summed E-state index contributed by atoms with van der Waals surface area (Å²) in [7, 11) is 0. The van der Waals surface area contributed by atoms with Crippen molar-refractivity contribution in [3.8, 4) is 0 Å². The van der Waals surface area contributed by atoms with Crippen LogP contribution in [0.25, 0.3) is 0 Å². The number of aryl methyl sites for hydroxylation is 1. The van der Waals surface area contributed by atoms with E-state index in [2.05, 4.69) is 40.1 Å². The molecule has 2 heterocycles. The number of carbonyl (C=O) groups excluding carboxylic acids is 1. The molecule has 1 amide bonds. The molecule has 0 bridgehead atoms. The summed E-state index contributed by atoms with van der Waals surface area (Å²) < 4.78 is 0. The van der Waals surface area contributed by atoms with Crippen molar-refractivity contribution in [3.05, 3.63) is 59.7 Å². The van der Waals surface area contributed by atoms with Crippen LogP contribution < -0.4 is 9.80 Å². The summed E-state index contributed by atoms with van der Waals surface area (Å²) >= 11 is 0. The average molecular weight is 380 g/mol. The summed E-state index contributed by atoms with van der Waals surface area (Å²) in [4.78, 5) is 18.4. The van der Waals surface area contributed by atoms with Crippen LogP contribution in [0.1, 0.15) is 30.6 Å². The molecule has 1 atom stereocenters. The lowest BCUT2D eigenvalue weighted by Gasteiger charge is -2.37. The molecule has 0 radical (unpaired) electrons. The average Bonchev–Trinajstić information content (AvgIpc) is 2.74. The third-order valence-corrected chi connectivity index (χ3v) is 5.91. The Morgan fingerprint density at radius 1 is 1.04 bits per heavy atom. The van der Waals surface area contributed by atoms with Crippen LogP contribution in [0.4, 0.5) is 11.4 Å². The van der Waals surface area contributed by atoms with E-state index in [4.69, 9.17) is 0 Å². The lowest BCUT2D eigenvalue weighted by atomic mass is 9.97. The number of benzene rings is 2. The van der Waals surface area contributed by atoms with Gasteiger partial charge in [0.05, 0.1) is 6.10 Å². The van der Waals surface area contributed by atoms with E-state index in [1.807, 2.05) is 23.1 Å². The van der Waals surface area contributed by atoms with Crippen LogP contribution in [0, 0.1) is 0 Å². The fraction of sp³-hybridized carbons (Fsp3) is 0.435. The molecule has 2 aromatic carbocycles. The number of anilines is 2. The third-order valence-electron chi connectivity index (χ3n) is 5.91. The van der Waals surface area contributed by atoms with Gasteiger partial charge in [0.15, 0.2) is 0 Å². The molecule has 5 heteroatoms. The second-order valence-electron chi connectivity index (χ2n) is 7.80. The molecular weight excluding hydrogens is 350 g/mol. The Labute approximate surface area is 167 Å². The molecule has 148 valence electrons. The van der Waals surface area contributed by atoms with Gasteiger partial charge in [-0.2, -0.15) is 0 Å². The molecule has 0 aliphatic carbocycles. The van der Waals surface area contributed by atoms with Crippen molar-refractivity contribution in [1.82, 2.24) is 4.90 Å². The highest BCUT2D eigenvalue weighted by Crippen LogP contribution is 2.30. The number of rotatable bonds is 4. The van der Waals surface area contributed by atoms with Crippen molar-refractivity contribution in [3.63, 3.8) is 0 Å². The van der Waals surface area contributed by atoms with Gasteiger partial charge >= 0.3 is 0 Å². The quantitative estimate of drug-likeness (QED) is 0.887. The van der Waals surface area contributed by atoms with Gasteiger partial charge in [0, 0.05) is 57.6 Å². The summed E-state index contributed by atoms with van der Waals surface area (Å²) in [6.45, 7) is 6.92. The molecule has 0 aromatic heterocycles. The molecular formula is C23H29N3O2. The molecule has 5 nitrogen and oxygen atoms in total. The van der Waals surface area contributed by atoms with E-state index in [0.717, 1.165) is 56.8 Å². The van der Waals surface area contributed by atoms with Crippen molar-refractivity contribution >= 4 is 17.3 Å². The minimum atomic E-state index is -0.499. The topological polar surface area (TPSA) is 47.0 Å². The molecule has 2 aliphatic rings. The molecule has 0 spiro atoms. The molecule has 28 heavy (non-hydrogen) atoms. The summed E-state index contributed by atoms with van der Waals surface area (Å²) in [5.41, 5.74) is 4.40. The molecule has 0 saturated carbocycles. The zero-order chi connectivity index (χ0) is 19.5. The van der Waals surface area contributed by atoms with Crippen molar-refractivity contribution in [1.29, 1.82) is 0 Å². The van der Waals surface area contributed by atoms with Gasteiger partial charge in [0.1, 0.15) is 0 Å².